The van der Waals surface area contributed by atoms with Crippen LogP contribution >= 0.6 is 11.3 Å². The topological polar surface area (TPSA) is 62.7 Å². The third-order valence-corrected chi connectivity index (χ3v) is 3.68. The third kappa shape index (κ3) is 3.66. The highest BCUT2D eigenvalue weighted by molar-refractivity contribution is 7.09. The van der Waals surface area contributed by atoms with Crippen LogP contribution in [0.3, 0.4) is 0 Å². The van der Waals surface area contributed by atoms with E-state index in [-0.39, 0.29) is 0 Å². The molecule has 0 saturated carbocycles. The lowest BCUT2D eigenvalue weighted by Crippen LogP contribution is -2.11. The van der Waals surface area contributed by atoms with Crippen LogP contribution in [0.4, 0.5) is 11.6 Å². The van der Waals surface area contributed by atoms with Gasteiger partial charge in [-0.25, -0.2) is 15.0 Å². The van der Waals surface area contributed by atoms with Gasteiger partial charge in [0.05, 0.1) is 6.54 Å². The van der Waals surface area contributed by atoms with Crippen LogP contribution < -0.4 is 10.6 Å². The van der Waals surface area contributed by atoms with Crippen LogP contribution in [-0.2, 0) is 13.0 Å². The molecule has 2 rings (SSSR count). The number of anilines is 2. The van der Waals surface area contributed by atoms with E-state index in [9.17, 15) is 0 Å². The van der Waals surface area contributed by atoms with Crippen molar-refractivity contribution in [3.05, 3.63) is 28.0 Å². The van der Waals surface area contributed by atoms with Gasteiger partial charge < -0.3 is 10.6 Å². The highest BCUT2D eigenvalue weighted by Crippen LogP contribution is 2.21. The van der Waals surface area contributed by atoms with Gasteiger partial charge in [0, 0.05) is 30.1 Å². The summed E-state index contributed by atoms with van der Waals surface area (Å²) in [5, 5.41) is 9.72. The summed E-state index contributed by atoms with van der Waals surface area (Å²) in [6.07, 6.45) is 3.76. The second kappa shape index (κ2) is 7.19. The molecule has 0 unspecified atom stereocenters. The number of thiazole rings is 1. The molecule has 0 saturated heterocycles. The van der Waals surface area contributed by atoms with Gasteiger partial charge in [-0.2, -0.15) is 0 Å². The first-order valence-corrected chi connectivity index (χ1v) is 7.86. The molecule has 2 aromatic rings. The molecule has 6 heteroatoms. The van der Waals surface area contributed by atoms with Crippen LogP contribution in [0.25, 0.3) is 0 Å². The van der Waals surface area contributed by atoms with Crippen LogP contribution in [-0.4, -0.2) is 21.5 Å². The molecule has 5 nitrogen and oxygen atoms in total. The fraction of sp³-hybridized carbons (Fsp3) is 0.500. The molecule has 2 heterocycles. The SMILES string of the molecule is CCCc1nc(NCC)c(C)c(NCc2nccs2)n1. The Labute approximate surface area is 123 Å². The van der Waals surface area contributed by atoms with Gasteiger partial charge >= 0.3 is 0 Å². The maximum Gasteiger partial charge on any atom is 0.135 e. The van der Waals surface area contributed by atoms with Crippen LogP contribution in [0.15, 0.2) is 11.6 Å². The Morgan fingerprint density at radius 1 is 1.15 bits per heavy atom. The molecule has 0 aromatic carbocycles. The highest BCUT2D eigenvalue weighted by atomic mass is 32.1. The lowest BCUT2D eigenvalue weighted by atomic mass is 10.2. The predicted molar refractivity (Wildman–Crippen MR) is 84.4 cm³/mol. The van der Waals surface area contributed by atoms with Crippen LogP contribution in [0.5, 0.6) is 0 Å². The summed E-state index contributed by atoms with van der Waals surface area (Å²) in [6.45, 7) is 7.81. The third-order valence-electron chi connectivity index (χ3n) is 2.90. The van der Waals surface area contributed by atoms with Crippen molar-refractivity contribution >= 4 is 23.0 Å². The van der Waals surface area contributed by atoms with Gasteiger partial charge in [0.2, 0.25) is 0 Å². The van der Waals surface area contributed by atoms with Crippen LogP contribution in [0.1, 0.15) is 36.7 Å². The summed E-state index contributed by atoms with van der Waals surface area (Å²) in [5.41, 5.74) is 1.06. The van der Waals surface area contributed by atoms with E-state index >= 15 is 0 Å². The summed E-state index contributed by atoms with van der Waals surface area (Å²) in [4.78, 5) is 13.5. The lowest BCUT2D eigenvalue weighted by molar-refractivity contribution is 0.829. The first-order chi connectivity index (χ1) is 9.74. The van der Waals surface area contributed by atoms with Crippen molar-refractivity contribution in [2.45, 2.75) is 40.2 Å². The summed E-state index contributed by atoms with van der Waals surface area (Å²) >= 11 is 1.64. The van der Waals surface area contributed by atoms with Crippen molar-refractivity contribution in [3.63, 3.8) is 0 Å². The largest absolute Gasteiger partial charge is 0.370 e. The van der Waals surface area contributed by atoms with Crippen molar-refractivity contribution < 1.29 is 0 Å². The van der Waals surface area contributed by atoms with Gasteiger partial charge in [-0.05, 0) is 20.3 Å². The Balaban J connectivity index is 2.20. The Bertz CT molecular complexity index is 539. The van der Waals surface area contributed by atoms with E-state index in [1.54, 1.807) is 11.3 Å². The fourth-order valence-corrected chi connectivity index (χ4v) is 2.47. The number of rotatable bonds is 7. The quantitative estimate of drug-likeness (QED) is 0.820. The van der Waals surface area contributed by atoms with Gasteiger partial charge in [-0.3, -0.25) is 0 Å². The van der Waals surface area contributed by atoms with E-state index < -0.39 is 0 Å². The maximum absolute atomic E-state index is 4.62. The Morgan fingerprint density at radius 3 is 2.50 bits per heavy atom. The van der Waals surface area contributed by atoms with Gasteiger partial charge in [-0.15, -0.1) is 11.3 Å². The first-order valence-electron chi connectivity index (χ1n) is 6.98. The molecular formula is C14H21N5S. The molecular weight excluding hydrogens is 270 g/mol. The number of hydrogen-bond acceptors (Lipinski definition) is 6. The van der Waals surface area contributed by atoms with Crippen molar-refractivity contribution in [1.82, 2.24) is 15.0 Å². The Hall–Kier alpha value is -1.69. The first kappa shape index (κ1) is 14.7. The van der Waals surface area contributed by atoms with Crippen molar-refractivity contribution in [2.24, 2.45) is 0 Å². The molecule has 2 aromatic heterocycles. The summed E-state index contributed by atoms with van der Waals surface area (Å²) in [7, 11) is 0. The standard InChI is InChI=1S/C14H21N5S/c1-4-6-11-18-13(15-5-2)10(3)14(19-11)17-9-12-16-7-8-20-12/h7-8H,4-6,9H2,1-3H3,(H2,15,17,18,19). The van der Waals surface area contributed by atoms with Crippen molar-refractivity contribution in [2.75, 3.05) is 17.2 Å². The molecule has 108 valence electrons. The second-order valence-corrected chi connectivity index (χ2v) is 5.50. The molecule has 0 fully saturated rings. The number of aromatic nitrogens is 3. The van der Waals surface area contributed by atoms with Gasteiger partial charge in [-0.1, -0.05) is 6.92 Å². The minimum atomic E-state index is 0.701. The number of nitrogens with one attached hydrogen (secondary N) is 2. The van der Waals surface area contributed by atoms with E-state index in [1.807, 2.05) is 18.5 Å². The molecule has 0 spiro atoms. The zero-order valence-corrected chi connectivity index (χ0v) is 13.0. The van der Waals surface area contributed by atoms with E-state index in [1.165, 1.54) is 0 Å². The Kier molecular flexibility index (Phi) is 5.29. The summed E-state index contributed by atoms with van der Waals surface area (Å²) < 4.78 is 0. The van der Waals surface area contributed by atoms with E-state index in [2.05, 4.69) is 39.4 Å². The maximum atomic E-state index is 4.62. The minimum Gasteiger partial charge on any atom is -0.370 e. The predicted octanol–water partition coefficient (Wildman–Crippen LogP) is 3.24. The van der Waals surface area contributed by atoms with Crippen LogP contribution in [0.2, 0.25) is 0 Å². The second-order valence-electron chi connectivity index (χ2n) is 4.52. The molecule has 0 atom stereocenters. The number of nitrogens with zero attached hydrogens (tertiary/aromatic N) is 3. The highest BCUT2D eigenvalue weighted by Gasteiger charge is 2.10. The van der Waals surface area contributed by atoms with E-state index in [0.717, 1.165) is 47.4 Å². The minimum absolute atomic E-state index is 0.701. The van der Waals surface area contributed by atoms with E-state index in [0.29, 0.717) is 6.54 Å². The smallest absolute Gasteiger partial charge is 0.135 e. The molecule has 2 N–H and O–H groups in total. The zero-order chi connectivity index (χ0) is 14.4. The van der Waals surface area contributed by atoms with Gasteiger partial charge in [0.15, 0.2) is 0 Å². The van der Waals surface area contributed by atoms with Gasteiger partial charge in [0.25, 0.3) is 0 Å². The molecule has 20 heavy (non-hydrogen) atoms. The monoisotopic (exact) mass is 291 g/mol. The van der Waals surface area contributed by atoms with Crippen LogP contribution in [0, 0.1) is 6.92 Å². The molecule has 0 aliphatic heterocycles. The lowest BCUT2D eigenvalue weighted by Gasteiger charge is -2.14. The summed E-state index contributed by atoms with van der Waals surface area (Å²) in [6, 6.07) is 0. The van der Waals surface area contributed by atoms with E-state index in [4.69, 9.17) is 0 Å². The van der Waals surface area contributed by atoms with Gasteiger partial charge in [0.1, 0.15) is 22.5 Å². The molecule has 0 bridgehead atoms. The van der Waals surface area contributed by atoms with Crippen molar-refractivity contribution in [1.29, 1.82) is 0 Å². The summed E-state index contributed by atoms with van der Waals surface area (Å²) in [5.74, 6) is 2.71. The fourth-order valence-electron chi connectivity index (χ4n) is 1.91. The average molecular weight is 291 g/mol. The molecule has 0 aliphatic carbocycles. The number of aryl methyl sites for hydroxylation is 1. The molecule has 0 radical (unpaired) electrons. The molecule has 0 amide bonds. The van der Waals surface area contributed by atoms with Crippen molar-refractivity contribution in [3.8, 4) is 0 Å². The normalized spacial score (nSPS) is 10.6. The Morgan fingerprint density at radius 2 is 1.90 bits per heavy atom. The average Bonchev–Trinajstić information content (AvgIpc) is 2.94. The number of hydrogen-bond donors (Lipinski definition) is 2. The zero-order valence-electron chi connectivity index (χ0n) is 12.2. The molecule has 0 aliphatic rings.